The second-order valence-electron chi connectivity index (χ2n) is 7.33. The number of nitrogens with zero attached hydrogens (tertiary/aromatic N) is 6. The van der Waals surface area contributed by atoms with E-state index < -0.39 is 0 Å². The summed E-state index contributed by atoms with van der Waals surface area (Å²) in [6.45, 7) is 5.46. The number of nitrogens with two attached hydrogens (primary N) is 1. The van der Waals surface area contributed by atoms with E-state index in [0.29, 0.717) is 25.5 Å². The highest BCUT2D eigenvalue weighted by molar-refractivity contribution is 5.91. The number of piperazine rings is 1. The molecule has 1 aliphatic rings. The van der Waals surface area contributed by atoms with Gasteiger partial charge in [0.1, 0.15) is 0 Å². The topological polar surface area (TPSA) is 93.2 Å². The van der Waals surface area contributed by atoms with Crippen molar-refractivity contribution in [2.75, 3.05) is 33.2 Å². The Hall–Kier alpha value is -3.10. The highest BCUT2D eigenvalue weighted by Crippen LogP contribution is 2.22. The Morgan fingerprint density at radius 2 is 1.79 bits per heavy atom. The second-order valence-corrected chi connectivity index (χ2v) is 7.33. The van der Waals surface area contributed by atoms with Crippen molar-refractivity contribution in [1.82, 2.24) is 29.5 Å². The quantitative estimate of drug-likeness (QED) is 0.724. The van der Waals surface area contributed by atoms with Crippen LogP contribution in [0.2, 0.25) is 0 Å². The number of rotatable bonds is 4. The number of carbonyl (C=O) groups is 1. The lowest BCUT2D eigenvalue weighted by molar-refractivity contribution is 0.0652. The van der Waals surface area contributed by atoms with Crippen LogP contribution in [0.4, 0.5) is 0 Å². The highest BCUT2D eigenvalue weighted by atomic mass is 16.2. The molecule has 8 nitrogen and oxygen atoms in total. The van der Waals surface area contributed by atoms with Crippen molar-refractivity contribution in [3.8, 4) is 17.1 Å². The highest BCUT2D eigenvalue weighted by Gasteiger charge is 2.25. The molecule has 4 rings (SSSR count). The van der Waals surface area contributed by atoms with Gasteiger partial charge in [-0.2, -0.15) is 0 Å². The summed E-state index contributed by atoms with van der Waals surface area (Å²) in [6, 6.07) is 11.7. The van der Waals surface area contributed by atoms with Gasteiger partial charge < -0.3 is 15.5 Å². The van der Waals surface area contributed by atoms with Crippen LogP contribution in [0.3, 0.4) is 0 Å². The van der Waals surface area contributed by atoms with Crippen LogP contribution in [-0.2, 0) is 6.54 Å². The molecule has 2 aromatic heterocycles. The number of pyridine rings is 1. The summed E-state index contributed by atoms with van der Waals surface area (Å²) in [6.07, 6.45) is 1.76. The van der Waals surface area contributed by atoms with E-state index in [1.807, 2.05) is 48.2 Å². The van der Waals surface area contributed by atoms with Gasteiger partial charge in [-0.25, -0.2) is 9.67 Å². The van der Waals surface area contributed by atoms with Crippen molar-refractivity contribution in [2.45, 2.75) is 13.5 Å². The fourth-order valence-corrected chi connectivity index (χ4v) is 3.29. The van der Waals surface area contributed by atoms with E-state index in [9.17, 15) is 4.79 Å². The summed E-state index contributed by atoms with van der Waals surface area (Å²) in [5.74, 6) is 0.653. The first-order valence-electron chi connectivity index (χ1n) is 9.72. The van der Waals surface area contributed by atoms with Crippen molar-refractivity contribution in [3.05, 3.63) is 59.7 Å². The van der Waals surface area contributed by atoms with Crippen LogP contribution < -0.4 is 5.73 Å². The number of benzene rings is 1. The molecule has 0 bridgehead atoms. The first kappa shape index (κ1) is 19.2. The van der Waals surface area contributed by atoms with Gasteiger partial charge in [-0.05, 0) is 43.8 Å². The molecule has 1 amide bonds. The number of carbonyl (C=O) groups excluding carboxylic acids is 1. The number of amides is 1. The van der Waals surface area contributed by atoms with Gasteiger partial charge in [0.15, 0.2) is 5.82 Å². The maximum absolute atomic E-state index is 13.0. The third kappa shape index (κ3) is 4.03. The van der Waals surface area contributed by atoms with Crippen LogP contribution >= 0.6 is 0 Å². The third-order valence-corrected chi connectivity index (χ3v) is 5.18. The lowest BCUT2D eigenvalue weighted by atomic mass is 10.2. The van der Waals surface area contributed by atoms with Gasteiger partial charge in [-0.15, -0.1) is 5.10 Å². The molecule has 3 aromatic rings. The Morgan fingerprint density at radius 3 is 2.41 bits per heavy atom. The number of likely N-dealkylation sites (N-methyl/N-ethyl adjacent to an activating group) is 1. The molecule has 1 fully saturated rings. The molecule has 150 valence electrons. The molecule has 0 saturated carbocycles. The first-order valence-corrected chi connectivity index (χ1v) is 9.72. The average molecular weight is 391 g/mol. The van der Waals surface area contributed by atoms with E-state index in [-0.39, 0.29) is 11.7 Å². The van der Waals surface area contributed by atoms with E-state index in [4.69, 9.17) is 5.73 Å². The lowest BCUT2D eigenvalue weighted by Crippen LogP contribution is -2.47. The van der Waals surface area contributed by atoms with Gasteiger partial charge in [0.2, 0.25) is 5.82 Å². The normalized spacial score (nSPS) is 14.9. The zero-order valence-corrected chi connectivity index (χ0v) is 16.7. The minimum Gasteiger partial charge on any atom is -0.333 e. The molecule has 0 radical (unpaired) electrons. The van der Waals surface area contributed by atoms with Gasteiger partial charge >= 0.3 is 0 Å². The van der Waals surface area contributed by atoms with E-state index in [2.05, 4.69) is 27.0 Å². The monoisotopic (exact) mass is 391 g/mol. The van der Waals surface area contributed by atoms with E-state index in [0.717, 1.165) is 35.6 Å². The van der Waals surface area contributed by atoms with Crippen molar-refractivity contribution in [2.24, 2.45) is 5.73 Å². The maximum atomic E-state index is 13.0. The standard InChI is InChI=1S/C21H25N7O/c1-15-3-6-17(14-23-15)20-24-19(21(29)27-11-9-26(2)10-12-27)25-28(20)18-7-4-16(13-22)5-8-18/h3-8,14H,9-13,22H2,1-2H3. The predicted molar refractivity (Wildman–Crippen MR) is 111 cm³/mol. The Kier molecular flexibility index (Phi) is 5.37. The Labute approximate surface area is 170 Å². The molecule has 1 aromatic carbocycles. The fourth-order valence-electron chi connectivity index (χ4n) is 3.29. The zero-order valence-electron chi connectivity index (χ0n) is 16.7. The summed E-state index contributed by atoms with van der Waals surface area (Å²) in [5, 5.41) is 4.57. The first-order chi connectivity index (χ1) is 14.0. The SMILES string of the molecule is Cc1ccc(-c2nc(C(=O)N3CCN(C)CC3)nn2-c2ccc(CN)cc2)cn1. The molecular formula is C21H25N7O. The molecule has 3 heterocycles. The van der Waals surface area contributed by atoms with E-state index in [1.54, 1.807) is 10.9 Å². The largest absolute Gasteiger partial charge is 0.333 e. The number of aromatic nitrogens is 4. The lowest BCUT2D eigenvalue weighted by Gasteiger charge is -2.31. The summed E-state index contributed by atoms with van der Waals surface area (Å²) >= 11 is 0. The van der Waals surface area contributed by atoms with Crippen molar-refractivity contribution in [1.29, 1.82) is 0 Å². The molecule has 0 aliphatic carbocycles. The molecule has 1 saturated heterocycles. The van der Waals surface area contributed by atoms with Crippen LogP contribution in [0.25, 0.3) is 17.1 Å². The third-order valence-electron chi connectivity index (χ3n) is 5.18. The molecular weight excluding hydrogens is 366 g/mol. The zero-order chi connectivity index (χ0) is 20.4. The van der Waals surface area contributed by atoms with Gasteiger partial charge in [-0.3, -0.25) is 9.78 Å². The minimum atomic E-state index is -0.142. The van der Waals surface area contributed by atoms with Crippen LogP contribution in [-0.4, -0.2) is 68.7 Å². The van der Waals surface area contributed by atoms with Crippen LogP contribution in [0.1, 0.15) is 21.9 Å². The van der Waals surface area contributed by atoms with Gasteiger partial charge in [-0.1, -0.05) is 12.1 Å². The van der Waals surface area contributed by atoms with Crippen LogP contribution in [0.15, 0.2) is 42.6 Å². The van der Waals surface area contributed by atoms with Crippen molar-refractivity contribution < 1.29 is 4.79 Å². The van der Waals surface area contributed by atoms with Crippen LogP contribution in [0, 0.1) is 6.92 Å². The molecule has 0 atom stereocenters. The molecule has 29 heavy (non-hydrogen) atoms. The van der Waals surface area contributed by atoms with Crippen molar-refractivity contribution in [3.63, 3.8) is 0 Å². The smallest absolute Gasteiger partial charge is 0.293 e. The summed E-state index contributed by atoms with van der Waals surface area (Å²) < 4.78 is 1.70. The van der Waals surface area contributed by atoms with Gasteiger partial charge in [0.05, 0.1) is 5.69 Å². The Balaban J connectivity index is 1.73. The number of hydrogen-bond donors (Lipinski definition) is 1. The van der Waals surface area contributed by atoms with Crippen molar-refractivity contribution >= 4 is 5.91 Å². The summed E-state index contributed by atoms with van der Waals surface area (Å²) in [5.41, 5.74) is 9.29. The number of aryl methyl sites for hydroxylation is 1. The molecule has 0 spiro atoms. The molecule has 0 unspecified atom stereocenters. The maximum Gasteiger partial charge on any atom is 0.293 e. The summed E-state index contributed by atoms with van der Waals surface area (Å²) in [4.78, 5) is 26.0. The van der Waals surface area contributed by atoms with Gasteiger partial charge in [0, 0.05) is 50.2 Å². The second kappa shape index (κ2) is 8.10. The molecule has 1 aliphatic heterocycles. The predicted octanol–water partition coefficient (Wildman–Crippen LogP) is 1.48. The Morgan fingerprint density at radius 1 is 1.07 bits per heavy atom. The van der Waals surface area contributed by atoms with Crippen LogP contribution in [0.5, 0.6) is 0 Å². The minimum absolute atomic E-state index is 0.142. The average Bonchev–Trinajstić information content (AvgIpc) is 3.20. The van der Waals surface area contributed by atoms with E-state index >= 15 is 0 Å². The summed E-state index contributed by atoms with van der Waals surface area (Å²) in [7, 11) is 2.06. The Bertz CT molecular complexity index is 987. The van der Waals surface area contributed by atoms with E-state index in [1.165, 1.54) is 0 Å². The molecule has 2 N–H and O–H groups in total. The molecule has 8 heteroatoms. The fraction of sp³-hybridized carbons (Fsp3) is 0.333. The van der Waals surface area contributed by atoms with Gasteiger partial charge in [0.25, 0.3) is 5.91 Å². The number of hydrogen-bond acceptors (Lipinski definition) is 6.